The van der Waals surface area contributed by atoms with Crippen molar-refractivity contribution in [2.75, 3.05) is 0 Å². The first kappa shape index (κ1) is 12.3. The molecule has 0 radical (unpaired) electrons. The molecule has 0 aliphatic rings. The maximum Gasteiger partial charge on any atom is 0.0406 e. The Bertz CT molecular complexity index is 327. The van der Waals surface area contributed by atoms with E-state index in [-0.39, 0.29) is 5.41 Å². The highest BCUT2D eigenvalue weighted by Gasteiger charge is 2.14. The topological polar surface area (TPSA) is 0 Å². The second-order valence-corrected chi connectivity index (χ2v) is 5.42. The SMILES string of the molecule is C=C(CCc1ccc(Cl)cc1)C(C)(C)C. The minimum Gasteiger partial charge on any atom is -0.0993 e. The lowest BCUT2D eigenvalue weighted by Gasteiger charge is -2.21. The average molecular weight is 223 g/mol. The first-order chi connectivity index (χ1) is 6.89. The molecular weight excluding hydrogens is 204 g/mol. The number of allylic oxidation sites excluding steroid dienone is 1. The van der Waals surface area contributed by atoms with Crippen LogP contribution < -0.4 is 0 Å². The van der Waals surface area contributed by atoms with Crippen molar-refractivity contribution in [2.24, 2.45) is 5.41 Å². The number of aryl methyl sites for hydroxylation is 1. The Hall–Kier alpha value is -0.750. The van der Waals surface area contributed by atoms with Gasteiger partial charge >= 0.3 is 0 Å². The maximum atomic E-state index is 5.83. The molecule has 0 spiro atoms. The molecule has 0 nitrogen and oxygen atoms in total. The molecule has 0 saturated heterocycles. The van der Waals surface area contributed by atoms with Gasteiger partial charge in [-0.3, -0.25) is 0 Å². The predicted octanol–water partition coefficient (Wildman–Crippen LogP) is 4.87. The second kappa shape index (κ2) is 4.85. The van der Waals surface area contributed by atoms with Crippen LogP contribution in [0.4, 0.5) is 0 Å². The van der Waals surface area contributed by atoms with Crippen molar-refractivity contribution in [3.8, 4) is 0 Å². The summed E-state index contributed by atoms with van der Waals surface area (Å²) in [7, 11) is 0. The van der Waals surface area contributed by atoms with E-state index >= 15 is 0 Å². The van der Waals surface area contributed by atoms with Crippen molar-refractivity contribution in [1.82, 2.24) is 0 Å². The molecule has 0 bridgehead atoms. The molecule has 0 N–H and O–H groups in total. The molecule has 1 rings (SSSR count). The molecule has 0 amide bonds. The van der Waals surface area contributed by atoms with Crippen molar-refractivity contribution in [2.45, 2.75) is 33.6 Å². The third kappa shape index (κ3) is 4.09. The molecule has 0 aliphatic carbocycles. The molecule has 0 heterocycles. The van der Waals surface area contributed by atoms with Gasteiger partial charge in [0.1, 0.15) is 0 Å². The van der Waals surface area contributed by atoms with E-state index in [1.54, 1.807) is 0 Å². The smallest absolute Gasteiger partial charge is 0.0406 e. The summed E-state index contributed by atoms with van der Waals surface area (Å²) in [5.74, 6) is 0. The minimum absolute atomic E-state index is 0.215. The summed E-state index contributed by atoms with van der Waals surface area (Å²) < 4.78 is 0. The molecular formula is C14H19Cl. The highest BCUT2D eigenvalue weighted by Crippen LogP contribution is 2.27. The fourth-order valence-corrected chi connectivity index (χ4v) is 1.45. The normalized spacial score (nSPS) is 11.5. The van der Waals surface area contributed by atoms with Gasteiger partial charge in [0.05, 0.1) is 0 Å². The number of rotatable bonds is 3. The van der Waals surface area contributed by atoms with E-state index in [9.17, 15) is 0 Å². The van der Waals surface area contributed by atoms with E-state index in [0.29, 0.717) is 0 Å². The minimum atomic E-state index is 0.215. The summed E-state index contributed by atoms with van der Waals surface area (Å²) >= 11 is 5.83. The number of hydrogen-bond donors (Lipinski definition) is 0. The summed E-state index contributed by atoms with van der Waals surface area (Å²) in [6.45, 7) is 10.7. The fourth-order valence-electron chi connectivity index (χ4n) is 1.32. The summed E-state index contributed by atoms with van der Waals surface area (Å²) in [4.78, 5) is 0. The molecule has 0 fully saturated rings. The lowest BCUT2D eigenvalue weighted by Crippen LogP contribution is -2.08. The first-order valence-electron chi connectivity index (χ1n) is 5.32. The third-order valence-corrected chi connectivity index (χ3v) is 2.94. The molecule has 1 heteroatoms. The van der Waals surface area contributed by atoms with E-state index in [2.05, 4.69) is 39.5 Å². The van der Waals surface area contributed by atoms with Gasteiger partial charge in [0.15, 0.2) is 0 Å². The molecule has 0 saturated carbocycles. The van der Waals surface area contributed by atoms with Gasteiger partial charge in [-0.05, 0) is 36.0 Å². The number of benzene rings is 1. The Kier molecular flexibility index (Phi) is 3.98. The number of hydrogen-bond acceptors (Lipinski definition) is 0. The van der Waals surface area contributed by atoms with Crippen LogP contribution >= 0.6 is 11.6 Å². The molecule has 82 valence electrons. The quantitative estimate of drug-likeness (QED) is 0.640. The van der Waals surface area contributed by atoms with Crippen LogP contribution in [-0.4, -0.2) is 0 Å². The van der Waals surface area contributed by atoms with Gasteiger partial charge in [-0.15, -0.1) is 0 Å². The molecule has 1 aromatic carbocycles. The van der Waals surface area contributed by atoms with E-state index in [1.807, 2.05) is 12.1 Å². The van der Waals surface area contributed by atoms with E-state index in [0.717, 1.165) is 17.9 Å². The first-order valence-corrected chi connectivity index (χ1v) is 5.70. The standard InChI is InChI=1S/C14H19Cl/c1-11(14(2,3)4)5-6-12-7-9-13(15)10-8-12/h7-10H,1,5-6H2,2-4H3. The summed E-state index contributed by atoms with van der Waals surface area (Å²) in [5.41, 5.74) is 2.84. The van der Waals surface area contributed by atoms with Gasteiger partial charge < -0.3 is 0 Å². The summed E-state index contributed by atoms with van der Waals surface area (Å²) in [6.07, 6.45) is 2.10. The van der Waals surface area contributed by atoms with E-state index in [4.69, 9.17) is 11.6 Å². The van der Waals surface area contributed by atoms with Gasteiger partial charge in [-0.1, -0.05) is 56.7 Å². The van der Waals surface area contributed by atoms with Gasteiger partial charge in [-0.2, -0.15) is 0 Å². The van der Waals surface area contributed by atoms with Crippen LogP contribution in [0.15, 0.2) is 36.4 Å². The fraction of sp³-hybridized carbons (Fsp3) is 0.429. The molecule has 0 atom stereocenters. The Morgan fingerprint density at radius 2 is 1.73 bits per heavy atom. The van der Waals surface area contributed by atoms with Crippen LogP contribution in [0.5, 0.6) is 0 Å². The van der Waals surface area contributed by atoms with Crippen LogP contribution in [0.2, 0.25) is 5.02 Å². The van der Waals surface area contributed by atoms with Crippen LogP contribution in [-0.2, 0) is 6.42 Å². The lowest BCUT2D eigenvalue weighted by molar-refractivity contribution is 0.484. The maximum absolute atomic E-state index is 5.83. The van der Waals surface area contributed by atoms with Crippen molar-refractivity contribution in [3.63, 3.8) is 0 Å². The van der Waals surface area contributed by atoms with Crippen LogP contribution in [0.25, 0.3) is 0 Å². The lowest BCUT2D eigenvalue weighted by atomic mass is 9.84. The predicted molar refractivity (Wildman–Crippen MR) is 68.4 cm³/mol. The van der Waals surface area contributed by atoms with E-state index in [1.165, 1.54) is 11.1 Å². The number of halogens is 1. The van der Waals surface area contributed by atoms with Gasteiger partial charge in [0.25, 0.3) is 0 Å². The zero-order valence-corrected chi connectivity index (χ0v) is 10.6. The van der Waals surface area contributed by atoms with E-state index < -0.39 is 0 Å². The van der Waals surface area contributed by atoms with Gasteiger partial charge in [0, 0.05) is 5.02 Å². The Balaban J connectivity index is 2.51. The Morgan fingerprint density at radius 3 is 2.20 bits per heavy atom. The molecule has 15 heavy (non-hydrogen) atoms. The zero-order valence-electron chi connectivity index (χ0n) is 9.81. The van der Waals surface area contributed by atoms with Crippen LogP contribution in [0.1, 0.15) is 32.8 Å². The van der Waals surface area contributed by atoms with Crippen LogP contribution in [0, 0.1) is 5.41 Å². The zero-order chi connectivity index (χ0) is 11.5. The van der Waals surface area contributed by atoms with Crippen molar-refractivity contribution >= 4 is 11.6 Å². The monoisotopic (exact) mass is 222 g/mol. The average Bonchev–Trinajstić information content (AvgIpc) is 2.15. The van der Waals surface area contributed by atoms with Crippen molar-refractivity contribution in [3.05, 3.63) is 47.0 Å². The third-order valence-electron chi connectivity index (χ3n) is 2.69. The Labute approximate surface area is 98.0 Å². The second-order valence-electron chi connectivity index (χ2n) is 4.98. The highest BCUT2D eigenvalue weighted by molar-refractivity contribution is 6.30. The van der Waals surface area contributed by atoms with Crippen molar-refractivity contribution in [1.29, 1.82) is 0 Å². The summed E-state index contributed by atoms with van der Waals surface area (Å²) in [5, 5.41) is 0.799. The summed E-state index contributed by atoms with van der Waals surface area (Å²) in [6, 6.07) is 8.05. The van der Waals surface area contributed by atoms with Gasteiger partial charge in [0.2, 0.25) is 0 Å². The molecule has 0 aliphatic heterocycles. The molecule has 0 aromatic heterocycles. The van der Waals surface area contributed by atoms with Gasteiger partial charge in [-0.25, -0.2) is 0 Å². The van der Waals surface area contributed by atoms with Crippen LogP contribution in [0.3, 0.4) is 0 Å². The highest BCUT2D eigenvalue weighted by atomic mass is 35.5. The largest absolute Gasteiger partial charge is 0.0993 e. The molecule has 1 aromatic rings. The molecule has 0 unspecified atom stereocenters. The van der Waals surface area contributed by atoms with Crippen molar-refractivity contribution < 1.29 is 0 Å². The Morgan fingerprint density at radius 1 is 1.20 bits per heavy atom.